The second-order valence-electron chi connectivity index (χ2n) is 19.5. The molecule has 0 spiro atoms. The lowest BCUT2D eigenvalue weighted by Gasteiger charge is -2.35. The molecule has 0 N–H and O–H groups in total. The summed E-state index contributed by atoms with van der Waals surface area (Å²) in [6.07, 6.45) is 7.94. The summed E-state index contributed by atoms with van der Waals surface area (Å²) in [5.74, 6) is 0. The zero-order valence-electron chi connectivity index (χ0n) is 38.3. The molecule has 8 aromatic carbocycles. The van der Waals surface area contributed by atoms with E-state index in [0.29, 0.717) is 0 Å². The Bertz CT molecular complexity index is 3310. The van der Waals surface area contributed by atoms with Gasteiger partial charge in [0, 0.05) is 55.9 Å². The van der Waals surface area contributed by atoms with Gasteiger partial charge in [-0.3, -0.25) is 0 Å². The van der Waals surface area contributed by atoms with Crippen molar-refractivity contribution in [1.82, 2.24) is 4.57 Å². The van der Waals surface area contributed by atoms with Crippen LogP contribution in [0, 0.1) is 0 Å². The first-order valence-corrected chi connectivity index (χ1v) is 23.1. The fourth-order valence-electron chi connectivity index (χ4n) is 10.5. The van der Waals surface area contributed by atoms with Crippen molar-refractivity contribution in [3.05, 3.63) is 229 Å². The van der Waals surface area contributed by atoms with Crippen LogP contribution < -0.4 is 9.80 Å². The minimum Gasteiger partial charge on any atom is -0.334 e. The van der Waals surface area contributed by atoms with Crippen molar-refractivity contribution >= 4 is 50.2 Å². The van der Waals surface area contributed by atoms with Crippen molar-refractivity contribution in [3.63, 3.8) is 0 Å². The van der Waals surface area contributed by atoms with Gasteiger partial charge < -0.3 is 14.4 Å². The number of allylic oxidation sites excluding steroid dienone is 2. The molecular formula is C62H55N3. The van der Waals surface area contributed by atoms with Crippen LogP contribution in [0.4, 0.5) is 28.4 Å². The highest BCUT2D eigenvalue weighted by Gasteiger charge is 2.36. The van der Waals surface area contributed by atoms with Gasteiger partial charge in [0.15, 0.2) is 0 Å². The molecule has 1 heterocycles. The van der Waals surface area contributed by atoms with Crippen LogP contribution in [0.3, 0.4) is 0 Å². The van der Waals surface area contributed by atoms with Crippen molar-refractivity contribution < 1.29 is 0 Å². The second-order valence-corrected chi connectivity index (χ2v) is 19.5. The summed E-state index contributed by atoms with van der Waals surface area (Å²) in [6, 6.07) is 70.2. The van der Waals surface area contributed by atoms with Gasteiger partial charge in [-0.15, -0.1) is 0 Å². The predicted octanol–water partition coefficient (Wildman–Crippen LogP) is 16.9. The number of hydrogen-bond acceptors (Lipinski definition) is 2. The Morgan fingerprint density at radius 2 is 1.18 bits per heavy atom. The normalized spacial score (nSPS) is 15.2. The first kappa shape index (κ1) is 40.4. The Labute approximate surface area is 384 Å². The molecule has 1 atom stereocenters. The lowest BCUT2D eigenvalue weighted by molar-refractivity contribution is 0.590. The third-order valence-electron chi connectivity index (χ3n) is 13.9. The van der Waals surface area contributed by atoms with Crippen LogP contribution in [0.2, 0.25) is 0 Å². The summed E-state index contributed by atoms with van der Waals surface area (Å²) in [6.45, 7) is 13.8. The predicted molar refractivity (Wildman–Crippen MR) is 277 cm³/mol. The molecule has 0 saturated carbocycles. The van der Waals surface area contributed by atoms with Gasteiger partial charge in [0.2, 0.25) is 0 Å². The zero-order valence-corrected chi connectivity index (χ0v) is 38.3. The van der Waals surface area contributed by atoms with E-state index in [0.717, 1.165) is 23.5 Å². The number of hydrogen-bond donors (Lipinski definition) is 0. The maximum absolute atomic E-state index is 2.55. The van der Waals surface area contributed by atoms with Crippen molar-refractivity contribution in [1.29, 1.82) is 0 Å². The molecule has 318 valence electrons. The fourth-order valence-corrected chi connectivity index (χ4v) is 10.5. The molecule has 2 aliphatic rings. The van der Waals surface area contributed by atoms with E-state index in [1.807, 2.05) is 0 Å². The molecule has 3 heteroatoms. The van der Waals surface area contributed by atoms with Gasteiger partial charge in [-0.05, 0) is 137 Å². The fraction of sp³-hybridized carbons (Fsp3) is 0.161. The van der Waals surface area contributed by atoms with E-state index in [-0.39, 0.29) is 16.9 Å². The molecule has 11 rings (SSSR count). The smallest absolute Gasteiger partial charge is 0.0560 e. The first-order valence-electron chi connectivity index (χ1n) is 23.1. The Kier molecular flexibility index (Phi) is 9.77. The second kappa shape index (κ2) is 15.7. The van der Waals surface area contributed by atoms with E-state index >= 15 is 0 Å². The van der Waals surface area contributed by atoms with Gasteiger partial charge in [-0.2, -0.15) is 0 Å². The average Bonchev–Trinajstić information content (AvgIpc) is 3.78. The minimum absolute atomic E-state index is 0.0791. The first-order chi connectivity index (χ1) is 31.5. The Balaban J connectivity index is 1.14. The van der Waals surface area contributed by atoms with Gasteiger partial charge in [0.25, 0.3) is 0 Å². The summed E-state index contributed by atoms with van der Waals surface area (Å²) in [5, 5.41) is 2.47. The molecule has 0 fully saturated rings. The summed E-state index contributed by atoms with van der Waals surface area (Å²) >= 11 is 0. The third-order valence-corrected chi connectivity index (χ3v) is 13.9. The van der Waals surface area contributed by atoms with Gasteiger partial charge in [0.1, 0.15) is 0 Å². The maximum atomic E-state index is 2.55. The molecular weight excluding hydrogens is 787 g/mol. The number of aromatic nitrogens is 1. The van der Waals surface area contributed by atoms with Crippen LogP contribution >= 0.6 is 0 Å². The average molecular weight is 842 g/mol. The van der Waals surface area contributed by atoms with Gasteiger partial charge in [-0.25, -0.2) is 0 Å². The lowest BCUT2D eigenvalue weighted by Crippen LogP contribution is -2.30. The minimum atomic E-state index is -0.126. The lowest BCUT2D eigenvalue weighted by atomic mass is 9.82. The van der Waals surface area contributed by atoms with Crippen molar-refractivity contribution in [2.75, 3.05) is 9.80 Å². The molecule has 9 aromatic rings. The molecule has 0 radical (unpaired) electrons. The topological polar surface area (TPSA) is 11.4 Å². The van der Waals surface area contributed by atoms with E-state index in [1.54, 1.807) is 0 Å². The number of rotatable bonds is 8. The third kappa shape index (κ3) is 6.98. The van der Waals surface area contributed by atoms with E-state index < -0.39 is 0 Å². The molecule has 0 amide bonds. The van der Waals surface area contributed by atoms with Gasteiger partial charge >= 0.3 is 0 Å². The van der Waals surface area contributed by atoms with Crippen molar-refractivity contribution in [2.45, 2.75) is 64.8 Å². The number of anilines is 5. The van der Waals surface area contributed by atoms with Gasteiger partial charge in [0.05, 0.1) is 17.1 Å². The highest BCUT2D eigenvalue weighted by atomic mass is 15.2. The Morgan fingerprint density at radius 3 is 1.92 bits per heavy atom. The van der Waals surface area contributed by atoms with Gasteiger partial charge in [-0.1, -0.05) is 162 Å². The molecule has 1 aromatic heterocycles. The largest absolute Gasteiger partial charge is 0.334 e. The molecule has 0 bridgehead atoms. The Hall–Kier alpha value is -7.36. The zero-order chi connectivity index (χ0) is 44.5. The maximum Gasteiger partial charge on any atom is 0.0560 e. The molecule has 65 heavy (non-hydrogen) atoms. The number of para-hydroxylation sites is 3. The van der Waals surface area contributed by atoms with E-state index in [9.17, 15) is 0 Å². The monoisotopic (exact) mass is 841 g/mol. The number of fused-ring (bicyclic) bond motifs is 6. The molecule has 3 nitrogen and oxygen atoms in total. The molecule has 1 unspecified atom stereocenters. The van der Waals surface area contributed by atoms with E-state index in [1.165, 1.54) is 83.4 Å². The number of benzene rings is 8. The van der Waals surface area contributed by atoms with Crippen molar-refractivity contribution in [3.8, 4) is 27.9 Å². The van der Waals surface area contributed by atoms with Crippen LogP contribution in [0.1, 0.15) is 64.7 Å². The van der Waals surface area contributed by atoms with Crippen LogP contribution in [-0.2, 0) is 10.8 Å². The van der Waals surface area contributed by atoms with Crippen LogP contribution in [-0.4, -0.2) is 10.6 Å². The van der Waals surface area contributed by atoms with Crippen LogP contribution in [0.5, 0.6) is 0 Å². The molecule has 2 aliphatic carbocycles. The highest BCUT2D eigenvalue weighted by molar-refractivity contribution is 6.11. The van der Waals surface area contributed by atoms with Crippen LogP contribution in [0.25, 0.3) is 49.7 Å². The summed E-state index contributed by atoms with van der Waals surface area (Å²) in [7, 11) is 0. The van der Waals surface area contributed by atoms with Crippen LogP contribution in [0.15, 0.2) is 212 Å². The summed E-state index contributed by atoms with van der Waals surface area (Å²) < 4.78 is 2.43. The SMILES string of the molecule is CC1=CCC(N(c2ccccc2)c2ccc(N(c3ccccc3)c3ccc4c(c3)C(C)(C)c3ccccc3-4)cc2-c2ccc3c(c2)c2ccccc2n3-c2ccc(C(C)(C)C)cc2)C=C1. The quantitative estimate of drug-likeness (QED) is 0.151. The van der Waals surface area contributed by atoms with E-state index in [4.69, 9.17) is 0 Å². The molecule has 0 saturated heterocycles. The molecule has 0 aliphatic heterocycles. The Morgan fingerprint density at radius 1 is 0.538 bits per heavy atom. The van der Waals surface area contributed by atoms with E-state index in [2.05, 4.69) is 262 Å². The highest BCUT2D eigenvalue weighted by Crippen LogP contribution is 2.51. The van der Waals surface area contributed by atoms with Crippen molar-refractivity contribution in [2.24, 2.45) is 0 Å². The summed E-state index contributed by atoms with van der Waals surface area (Å²) in [4.78, 5) is 4.99. The standard InChI is InChI=1S/C62H55N3/c1-42-25-30-47(31-26-42)64(46-19-11-8-12-20-46)59-38-35-49(63(45-17-9-7-10-18-45)50-34-36-52-51-21-13-15-23-56(51)62(5,6)57(52)41-50)40-54(59)43-27-37-60-55(39-43)53-22-14-16-24-58(53)65(60)48-32-28-44(29-33-48)61(2,3)4/h7-30,32-41,47H,31H2,1-6H3. The summed E-state index contributed by atoms with van der Waals surface area (Å²) in [5.41, 5.74) is 19.6. The number of nitrogens with zero attached hydrogens (tertiary/aromatic N) is 3.